The summed E-state index contributed by atoms with van der Waals surface area (Å²) in [5.74, 6) is 1.48. The molecule has 0 aliphatic heterocycles. The van der Waals surface area contributed by atoms with E-state index in [1.54, 1.807) is 14.2 Å². The van der Waals surface area contributed by atoms with Crippen LogP contribution in [0.25, 0.3) is 0 Å². The quantitative estimate of drug-likeness (QED) is 0.234. The van der Waals surface area contributed by atoms with E-state index in [1.165, 1.54) is 5.19 Å². The van der Waals surface area contributed by atoms with Crippen molar-refractivity contribution in [1.82, 2.24) is 0 Å². The second-order valence-electron chi connectivity index (χ2n) is 5.66. The van der Waals surface area contributed by atoms with E-state index in [4.69, 9.17) is 28.5 Å². The molecule has 0 aromatic heterocycles. The fraction of sp³-hybridized carbons (Fsp3) is 0.444. The first-order chi connectivity index (χ1) is 12.4. The van der Waals surface area contributed by atoms with Gasteiger partial charge in [-0.15, -0.1) is 0 Å². The zero-order valence-electron chi connectivity index (χ0n) is 16.2. The number of aliphatic hydroxyl groups is 1. The minimum absolute atomic E-state index is 0. The van der Waals surface area contributed by atoms with E-state index in [0.717, 1.165) is 17.1 Å². The SMILES string of the molecule is COc1cc(C=NCCCO)c([Si](C)(C)C)cc1OC.[C-]#[O+].[C-]#[O+].[C-]#[O+].[Cr]. The summed E-state index contributed by atoms with van der Waals surface area (Å²) in [6.07, 6.45) is 2.57. The molecule has 0 heterocycles. The Bertz CT molecular complexity index is 580. The molecule has 7 nitrogen and oxygen atoms in total. The van der Waals surface area contributed by atoms with Crippen LogP contribution in [0.2, 0.25) is 19.6 Å². The van der Waals surface area contributed by atoms with Crippen LogP contribution in [0.1, 0.15) is 12.0 Å². The fourth-order valence-corrected chi connectivity index (χ4v) is 3.54. The summed E-state index contributed by atoms with van der Waals surface area (Å²) in [7, 11) is 1.79. The summed E-state index contributed by atoms with van der Waals surface area (Å²) in [6, 6.07) is 4.05. The molecule has 0 radical (unpaired) electrons. The molecule has 0 aliphatic rings. The minimum Gasteiger partial charge on any atom is 0 e. The van der Waals surface area contributed by atoms with E-state index >= 15 is 0 Å². The second-order valence-corrected chi connectivity index (χ2v) is 10.7. The predicted molar refractivity (Wildman–Crippen MR) is 98.5 cm³/mol. The van der Waals surface area contributed by atoms with Gasteiger partial charge < -0.3 is 14.6 Å². The standard InChI is InChI=1S/C15H25NO3Si.3CO.Cr/c1-18-13-9-12(11-16-7-6-8-17)15(20(3,4)5)10-14(13)19-2;3*1-2;/h9-11,17H,6-8H2,1-5H3;;;;. The van der Waals surface area contributed by atoms with Crippen LogP contribution in [0.3, 0.4) is 0 Å². The maximum absolute atomic E-state index is 8.79. The molecule has 0 atom stereocenters. The van der Waals surface area contributed by atoms with Crippen molar-refractivity contribution in [3.05, 3.63) is 37.6 Å². The normalized spacial score (nSPS) is 9.04. The molecular weight excluding hydrogens is 406 g/mol. The van der Waals surface area contributed by atoms with Crippen molar-refractivity contribution >= 4 is 19.5 Å². The molecular formula is C18H25CrNO6Si. The Kier molecular flexibility index (Phi) is 25.4. The van der Waals surface area contributed by atoms with Gasteiger partial charge in [-0.3, -0.25) is 4.99 Å². The number of methoxy groups -OCH3 is 2. The monoisotopic (exact) mass is 431 g/mol. The molecule has 0 saturated heterocycles. The molecule has 0 amide bonds. The van der Waals surface area contributed by atoms with Crippen molar-refractivity contribution in [3.8, 4) is 11.5 Å². The Morgan fingerprint density at radius 3 is 1.81 bits per heavy atom. The maximum Gasteiger partial charge on any atom is 0 e. The van der Waals surface area contributed by atoms with Gasteiger partial charge in [-0.25, -0.2) is 0 Å². The molecule has 0 saturated carbocycles. The molecule has 1 aromatic rings. The summed E-state index contributed by atoms with van der Waals surface area (Å²) in [6.45, 7) is 21.2. The van der Waals surface area contributed by atoms with Crippen LogP contribution >= 0.6 is 0 Å². The number of hydrogen-bond donors (Lipinski definition) is 1. The second kappa shape index (κ2) is 20.7. The van der Waals surface area contributed by atoms with E-state index in [2.05, 4.69) is 50.7 Å². The van der Waals surface area contributed by atoms with Crippen LogP contribution in [0, 0.1) is 20.0 Å². The Balaban J connectivity index is -0.000000342. The molecule has 1 aromatic carbocycles. The molecule has 27 heavy (non-hydrogen) atoms. The zero-order chi connectivity index (χ0) is 21.2. The molecule has 148 valence electrons. The van der Waals surface area contributed by atoms with Gasteiger partial charge in [0, 0.05) is 36.7 Å². The number of hydrogen-bond acceptors (Lipinski definition) is 4. The summed E-state index contributed by atoms with van der Waals surface area (Å²) in [4.78, 5) is 4.38. The smallest absolute Gasteiger partial charge is 0 e. The third-order valence-corrected chi connectivity index (χ3v) is 5.09. The van der Waals surface area contributed by atoms with E-state index in [1.807, 2.05) is 12.3 Å². The van der Waals surface area contributed by atoms with Crippen molar-refractivity contribution in [2.75, 3.05) is 27.4 Å². The average Bonchev–Trinajstić information content (AvgIpc) is 2.68. The number of aliphatic hydroxyl groups excluding tert-OH is 1. The van der Waals surface area contributed by atoms with Crippen LogP contribution in [0.5, 0.6) is 11.5 Å². The molecule has 0 bridgehead atoms. The summed E-state index contributed by atoms with van der Waals surface area (Å²) >= 11 is 0. The number of rotatable bonds is 7. The Morgan fingerprint density at radius 1 is 1.00 bits per heavy atom. The average molecular weight is 431 g/mol. The molecule has 1 rings (SSSR count). The molecule has 9 heteroatoms. The van der Waals surface area contributed by atoms with Gasteiger partial charge in [0.1, 0.15) is 0 Å². The van der Waals surface area contributed by atoms with Gasteiger partial charge in [0.25, 0.3) is 0 Å². The van der Waals surface area contributed by atoms with Crippen LogP contribution < -0.4 is 14.7 Å². The Labute approximate surface area is 173 Å². The number of benzene rings is 1. The summed E-state index contributed by atoms with van der Waals surface area (Å²) < 4.78 is 33.3. The zero-order valence-corrected chi connectivity index (χ0v) is 18.5. The molecule has 1 N–H and O–H groups in total. The van der Waals surface area contributed by atoms with Crippen molar-refractivity contribution < 1.29 is 45.9 Å². The van der Waals surface area contributed by atoms with E-state index in [0.29, 0.717) is 13.0 Å². The molecule has 0 spiro atoms. The predicted octanol–water partition coefficient (Wildman–Crippen LogP) is 1.94. The van der Waals surface area contributed by atoms with E-state index in [-0.39, 0.29) is 24.0 Å². The van der Waals surface area contributed by atoms with Gasteiger partial charge in [-0.2, -0.15) is 0 Å². The van der Waals surface area contributed by atoms with Gasteiger partial charge in [-0.1, -0.05) is 19.6 Å². The van der Waals surface area contributed by atoms with Crippen molar-refractivity contribution in [2.24, 2.45) is 4.99 Å². The largest absolute Gasteiger partial charge is 0 e. The van der Waals surface area contributed by atoms with Crippen molar-refractivity contribution in [2.45, 2.75) is 26.1 Å². The first kappa shape index (κ1) is 33.0. The van der Waals surface area contributed by atoms with E-state index in [9.17, 15) is 0 Å². The van der Waals surface area contributed by atoms with Gasteiger partial charge in [0.05, 0.1) is 22.3 Å². The molecule has 0 fully saturated rings. The van der Waals surface area contributed by atoms with Crippen LogP contribution in [-0.2, 0) is 31.3 Å². The first-order valence-electron chi connectivity index (χ1n) is 7.42. The number of nitrogens with zero attached hydrogens (tertiary/aromatic N) is 1. The van der Waals surface area contributed by atoms with Crippen LogP contribution in [0.15, 0.2) is 17.1 Å². The third-order valence-electron chi connectivity index (χ3n) is 3.04. The maximum atomic E-state index is 8.79. The fourth-order valence-electron chi connectivity index (χ4n) is 1.98. The Morgan fingerprint density at radius 2 is 1.44 bits per heavy atom. The number of aliphatic imine (C=N–C) groups is 1. The molecule has 0 aliphatic carbocycles. The van der Waals surface area contributed by atoms with Gasteiger partial charge in [0.2, 0.25) is 0 Å². The minimum atomic E-state index is -1.51. The van der Waals surface area contributed by atoms with Gasteiger partial charge in [0.15, 0.2) is 11.5 Å². The van der Waals surface area contributed by atoms with E-state index < -0.39 is 8.07 Å². The van der Waals surface area contributed by atoms with Crippen molar-refractivity contribution in [1.29, 1.82) is 0 Å². The van der Waals surface area contributed by atoms with Crippen LogP contribution in [0.4, 0.5) is 0 Å². The topological polar surface area (TPSA) is 111 Å². The Hall–Kier alpha value is -1.58. The van der Waals surface area contributed by atoms with Gasteiger partial charge >= 0.3 is 33.9 Å². The summed E-state index contributed by atoms with van der Waals surface area (Å²) in [5, 5.41) is 10.1. The third kappa shape index (κ3) is 13.3. The molecule has 0 unspecified atom stereocenters. The number of ether oxygens (including phenoxy) is 2. The first-order valence-corrected chi connectivity index (χ1v) is 10.9. The van der Waals surface area contributed by atoms with Crippen molar-refractivity contribution in [3.63, 3.8) is 0 Å². The summed E-state index contributed by atoms with van der Waals surface area (Å²) in [5.41, 5.74) is 1.08. The van der Waals surface area contributed by atoms with Gasteiger partial charge in [-0.05, 0) is 29.3 Å². The van der Waals surface area contributed by atoms with Crippen LogP contribution in [-0.4, -0.2) is 46.8 Å².